The molecule has 1 amide bonds. The average molecular weight is 321 g/mol. The van der Waals surface area contributed by atoms with E-state index in [2.05, 4.69) is 31.2 Å². The predicted molar refractivity (Wildman–Crippen MR) is 76.5 cm³/mol. The van der Waals surface area contributed by atoms with E-state index in [0.717, 1.165) is 5.56 Å². The first-order valence-electron chi connectivity index (χ1n) is 5.69. The standard InChI is InChI=1S/C13H13BrN4O/c1-8(9-3-2-4-16-6-9)18-13(19)11-5-10(14)7-17-12(11)15/h2-8H,1H3,(H2,15,17)(H,18,19). The van der Waals surface area contributed by atoms with Gasteiger partial charge in [-0.1, -0.05) is 6.07 Å². The first kappa shape index (κ1) is 13.5. The number of nitrogen functional groups attached to an aromatic ring is 1. The van der Waals surface area contributed by atoms with E-state index in [-0.39, 0.29) is 17.8 Å². The minimum Gasteiger partial charge on any atom is -0.383 e. The molecule has 2 heterocycles. The molecule has 2 aromatic rings. The molecule has 0 aromatic carbocycles. The molecule has 0 saturated carbocycles. The lowest BCUT2D eigenvalue weighted by atomic mass is 10.1. The van der Waals surface area contributed by atoms with Gasteiger partial charge in [-0.05, 0) is 40.5 Å². The van der Waals surface area contributed by atoms with E-state index in [9.17, 15) is 4.79 Å². The molecule has 6 heteroatoms. The minimum absolute atomic E-state index is 0.153. The number of nitrogens with one attached hydrogen (secondary N) is 1. The van der Waals surface area contributed by atoms with Crippen LogP contribution in [0.3, 0.4) is 0 Å². The topological polar surface area (TPSA) is 80.9 Å². The van der Waals surface area contributed by atoms with Gasteiger partial charge in [-0.2, -0.15) is 0 Å². The third kappa shape index (κ3) is 3.29. The zero-order valence-electron chi connectivity index (χ0n) is 10.3. The van der Waals surface area contributed by atoms with Crippen molar-refractivity contribution < 1.29 is 4.79 Å². The maximum Gasteiger partial charge on any atom is 0.255 e. The number of hydrogen-bond acceptors (Lipinski definition) is 4. The molecule has 0 aliphatic heterocycles. The number of pyridine rings is 2. The third-order valence-corrected chi connectivity index (χ3v) is 3.10. The molecule has 0 bridgehead atoms. The van der Waals surface area contributed by atoms with Crippen LogP contribution >= 0.6 is 15.9 Å². The number of nitrogens with two attached hydrogens (primary N) is 1. The van der Waals surface area contributed by atoms with Gasteiger partial charge >= 0.3 is 0 Å². The maximum atomic E-state index is 12.1. The number of carbonyl (C=O) groups excluding carboxylic acids is 1. The fourth-order valence-electron chi connectivity index (χ4n) is 1.62. The zero-order valence-corrected chi connectivity index (χ0v) is 11.9. The van der Waals surface area contributed by atoms with Crippen molar-refractivity contribution in [3.05, 3.63) is 52.4 Å². The van der Waals surface area contributed by atoms with Crippen LogP contribution in [0, 0.1) is 0 Å². The van der Waals surface area contributed by atoms with Gasteiger partial charge in [-0.15, -0.1) is 0 Å². The minimum atomic E-state index is -0.261. The summed E-state index contributed by atoms with van der Waals surface area (Å²) in [6.45, 7) is 1.89. The van der Waals surface area contributed by atoms with Crippen LogP contribution in [0.25, 0.3) is 0 Å². The maximum absolute atomic E-state index is 12.1. The Balaban J connectivity index is 2.15. The summed E-state index contributed by atoms with van der Waals surface area (Å²) in [7, 11) is 0. The van der Waals surface area contributed by atoms with Crippen LogP contribution in [0.5, 0.6) is 0 Å². The quantitative estimate of drug-likeness (QED) is 0.909. The molecule has 3 N–H and O–H groups in total. The number of amides is 1. The van der Waals surface area contributed by atoms with Gasteiger partial charge in [0.2, 0.25) is 0 Å². The van der Waals surface area contributed by atoms with Crippen LogP contribution in [0.2, 0.25) is 0 Å². The van der Waals surface area contributed by atoms with Gasteiger partial charge in [0.05, 0.1) is 11.6 Å². The van der Waals surface area contributed by atoms with Crippen LogP contribution in [0.4, 0.5) is 5.82 Å². The van der Waals surface area contributed by atoms with Crippen molar-refractivity contribution in [3.63, 3.8) is 0 Å². The van der Waals surface area contributed by atoms with E-state index in [0.29, 0.717) is 10.0 Å². The van der Waals surface area contributed by atoms with Gasteiger partial charge in [0.25, 0.3) is 5.91 Å². The first-order chi connectivity index (χ1) is 9.08. The van der Waals surface area contributed by atoms with Gasteiger partial charge in [-0.3, -0.25) is 9.78 Å². The summed E-state index contributed by atoms with van der Waals surface area (Å²) in [6, 6.07) is 5.22. The molecule has 0 radical (unpaired) electrons. The van der Waals surface area contributed by atoms with Crippen LogP contribution in [-0.4, -0.2) is 15.9 Å². The van der Waals surface area contributed by atoms with Crippen molar-refractivity contribution in [1.29, 1.82) is 0 Å². The second-order valence-corrected chi connectivity index (χ2v) is 4.98. The summed E-state index contributed by atoms with van der Waals surface area (Å²) in [5, 5.41) is 2.86. The summed E-state index contributed by atoms with van der Waals surface area (Å²) >= 11 is 3.27. The molecule has 0 saturated heterocycles. The second-order valence-electron chi connectivity index (χ2n) is 4.07. The Hall–Kier alpha value is -1.95. The number of halogens is 1. The van der Waals surface area contributed by atoms with E-state index < -0.39 is 0 Å². The highest BCUT2D eigenvalue weighted by atomic mass is 79.9. The number of anilines is 1. The van der Waals surface area contributed by atoms with Crippen molar-refractivity contribution in [2.75, 3.05) is 5.73 Å². The number of carbonyl (C=O) groups is 1. The van der Waals surface area contributed by atoms with E-state index in [1.807, 2.05) is 19.1 Å². The summed E-state index contributed by atoms with van der Waals surface area (Å²) in [6.07, 6.45) is 4.96. The largest absolute Gasteiger partial charge is 0.383 e. The summed E-state index contributed by atoms with van der Waals surface area (Å²) in [5.74, 6) is -0.0539. The van der Waals surface area contributed by atoms with Gasteiger partial charge in [0.1, 0.15) is 5.82 Å². The zero-order chi connectivity index (χ0) is 13.8. The molecule has 2 rings (SSSR count). The van der Waals surface area contributed by atoms with Gasteiger partial charge in [0.15, 0.2) is 0 Å². The predicted octanol–water partition coefficient (Wildman–Crippen LogP) is 2.31. The lowest BCUT2D eigenvalue weighted by Gasteiger charge is -2.14. The third-order valence-electron chi connectivity index (χ3n) is 2.66. The lowest BCUT2D eigenvalue weighted by molar-refractivity contribution is 0.0940. The van der Waals surface area contributed by atoms with Crippen molar-refractivity contribution >= 4 is 27.7 Å². The van der Waals surface area contributed by atoms with E-state index in [1.165, 1.54) is 0 Å². The molecule has 19 heavy (non-hydrogen) atoms. The van der Waals surface area contributed by atoms with Crippen molar-refractivity contribution in [2.45, 2.75) is 13.0 Å². The van der Waals surface area contributed by atoms with Gasteiger partial charge in [-0.25, -0.2) is 4.98 Å². The first-order valence-corrected chi connectivity index (χ1v) is 6.49. The van der Waals surface area contributed by atoms with Crippen LogP contribution < -0.4 is 11.1 Å². The molecule has 1 unspecified atom stereocenters. The van der Waals surface area contributed by atoms with Gasteiger partial charge < -0.3 is 11.1 Å². The molecule has 0 aliphatic carbocycles. The van der Waals surface area contributed by atoms with Crippen molar-refractivity contribution in [2.24, 2.45) is 0 Å². The van der Waals surface area contributed by atoms with Crippen LogP contribution in [0.15, 0.2) is 41.3 Å². The molecule has 1 atom stereocenters. The fourth-order valence-corrected chi connectivity index (χ4v) is 1.95. The smallest absolute Gasteiger partial charge is 0.255 e. The summed E-state index contributed by atoms with van der Waals surface area (Å²) < 4.78 is 0.709. The number of nitrogens with zero attached hydrogens (tertiary/aromatic N) is 2. The Bertz CT molecular complexity index is 588. The molecule has 0 aliphatic rings. The van der Waals surface area contributed by atoms with Crippen molar-refractivity contribution in [1.82, 2.24) is 15.3 Å². The molecule has 5 nitrogen and oxygen atoms in total. The van der Waals surface area contributed by atoms with E-state index >= 15 is 0 Å². The highest BCUT2D eigenvalue weighted by Crippen LogP contribution is 2.17. The molecule has 0 spiro atoms. The summed E-state index contributed by atoms with van der Waals surface area (Å²) in [5.41, 5.74) is 6.98. The number of aromatic nitrogens is 2. The highest BCUT2D eigenvalue weighted by molar-refractivity contribution is 9.10. The van der Waals surface area contributed by atoms with E-state index in [1.54, 1.807) is 24.7 Å². The molecular formula is C13H13BrN4O. The number of hydrogen-bond donors (Lipinski definition) is 2. The van der Waals surface area contributed by atoms with Crippen molar-refractivity contribution in [3.8, 4) is 0 Å². The Morgan fingerprint density at radius 2 is 2.26 bits per heavy atom. The Kier molecular flexibility index (Phi) is 4.11. The van der Waals surface area contributed by atoms with Crippen LogP contribution in [0.1, 0.15) is 28.9 Å². The lowest BCUT2D eigenvalue weighted by Crippen LogP contribution is -2.27. The molecule has 98 valence electrons. The molecule has 0 fully saturated rings. The Morgan fingerprint density at radius 3 is 2.95 bits per heavy atom. The summed E-state index contributed by atoms with van der Waals surface area (Å²) in [4.78, 5) is 20.1. The fraction of sp³-hybridized carbons (Fsp3) is 0.154. The Labute approximate surface area is 119 Å². The average Bonchev–Trinajstić information content (AvgIpc) is 2.42. The highest BCUT2D eigenvalue weighted by Gasteiger charge is 2.15. The normalized spacial score (nSPS) is 11.9. The Morgan fingerprint density at radius 1 is 1.47 bits per heavy atom. The second kappa shape index (κ2) is 5.79. The van der Waals surface area contributed by atoms with Gasteiger partial charge in [0, 0.05) is 23.1 Å². The van der Waals surface area contributed by atoms with E-state index in [4.69, 9.17) is 5.73 Å². The van der Waals surface area contributed by atoms with Crippen LogP contribution in [-0.2, 0) is 0 Å². The molecular weight excluding hydrogens is 308 g/mol. The SMILES string of the molecule is CC(NC(=O)c1cc(Br)cnc1N)c1cccnc1. The monoisotopic (exact) mass is 320 g/mol. The number of rotatable bonds is 3. The molecule has 2 aromatic heterocycles.